The maximum atomic E-state index is 13.4. The van der Waals surface area contributed by atoms with Crippen molar-refractivity contribution in [3.63, 3.8) is 0 Å². The molecule has 3 aromatic heterocycles. The summed E-state index contributed by atoms with van der Waals surface area (Å²) >= 11 is 0. The van der Waals surface area contributed by atoms with Crippen molar-refractivity contribution < 1.29 is 13.5 Å². The first-order valence-corrected chi connectivity index (χ1v) is 13.1. The minimum atomic E-state index is -2.51. The van der Waals surface area contributed by atoms with Crippen molar-refractivity contribution >= 4 is 11.0 Å². The molecule has 8 nitrogen and oxygen atoms in total. The van der Waals surface area contributed by atoms with Crippen LogP contribution in [0.1, 0.15) is 43.2 Å². The van der Waals surface area contributed by atoms with Crippen LogP contribution in [-0.2, 0) is 6.54 Å². The number of fused-ring (bicyclic) bond motifs is 1. The molecule has 1 saturated heterocycles. The second kappa shape index (κ2) is 10.4. The van der Waals surface area contributed by atoms with Crippen LogP contribution in [0, 0.1) is 6.04 Å². The Morgan fingerprint density at radius 1 is 1.13 bits per heavy atom. The van der Waals surface area contributed by atoms with Gasteiger partial charge in [-0.15, -0.1) is 0 Å². The number of halogens is 2. The predicted molar refractivity (Wildman–Crippen MR) is 141 cm³/mol. The van der Waals surface area contributed by atoms with Crippen LogP contribution >= 0.6 is 0 Å². The van der Waals surface area contributed by atoms with Gasteiger partial charge in [-0.05, 0) is 69.6 Å². The van der Waals surface area contributed by atoms with Gasteiger partial charge in [-0.1, -0.05) is 0 Å². The SMILES string of the molecule is CN(C)Cc1cc(OC2CCN(C3C[C](n4cc(-c5ncnc6[nH]ccc56)cn4)C3)CC2)cc(C(F)F)c1. The van der Waals surface area contributed by atoms with E-state index in [2.05, 4.69) is 31.1 Å². The van der Waals surface area contributed by atoms with Gasteiger partial charge in [-0.25, -0.2) is 18.7 Å². The lowest BCUT2D eigenvalue weighted by Crippen LogP contribution is -2.50. The molecule has 1 aliphatic heterocycles. The molecule has 4 heterocycles. The summed E-state index contributed by atoms with van der Waals surface area (Å²) in [5.74, 6) is 0.549. The maximum absolute atomic E-state index is 13.4. The van der Waals surface area contributed by atoms with Crippen molar-refractivity contribution in [2.75, 3.05) is 27.2 Å². The van der Waals surface area contributed by atoms with Crippen LogP contribution < -0.4 is 4.74 Å². The fourth-order valence-corrected chi connectivity index (χ4v) is 5.54. The molecule has 2 aliphatic rings. The second-order valence-electron chi connectivity index (χ2n) is 10.6. The number of aromatic amines is 1. The maximum Gasteiger partial charge on any atom is 0.263 e. The number of hydrogen-bond acceptors (Lipinski definition) is 6. The molecule has 1 aromatic carbocycles. The number of nitrogens with one attached hydrogen (secondary N) is 1. The lowest BCUT2D eigenvalue weighted by Gasteiger charge is -2.45. The molecular formula is C28H32F2N7O. The Bertz CT molecular complexity index is 1390. The van der Waals surface area contributed by atoms with E-state index >= 15 is 0 Å². The minimum Gasteiger partial charge on any atom is -0.490 e. The van der Waals surface area contributed by atoms with E-state index in [-0.39, 0.29) is 11.7 Å². The molecule has 1 N–H and O–H groups in total. The van der Waals surface area contributed by atoms with E-state index in [0.29, 0.717) is 18.3 Å². The van der Waals surface area contributed by atoms with Crippen LogP contribution in [0.3, 0.4) is 0 Å². The highest BCUT2D eigenvalue weighted by Crippen LogP contribution is 2.37. The van der Waals surface area contributed by atoms with Crippen LogP contribution in [0.5, 0.6) is 5.75 Å². The van der Waals surface area contributed by atoms with E-state index in [1.807, 2.05) is 48.2 Å². The average Bonchev–Trinajstić information content (AvgIpc) is 3.53. The molecule has 6 rings (SSSR count). The highest BCUT2D eigenvalue weighted by Gasteiger charge is 2.38. The number of ether oxygens (including phenoxy) is 1. The molecule has 38 heavy (non-hydrogen) atoms. The van der Waals surface area contributed by atoms with E-state index in [4.69, 9.17) is 4.74 Å². The fraction of sp³-hybridized carbons (Fsp3) is 0.429. The number of H-pyrrole nitrogens is 1. The van der Waals surface area contributed by atoms with Gasteiger partial charge in [0.25, 0.3) is 6.43 Å². The molecule has 0 atom stereocenters. The zero-order chi connectivity index (χ0) is 26.2. The first-order chi connectivity index (χ1) is 18.4. The smallest absolute Gasteiger partial charge is 0.263 e. The minimum absolute atomic E-state index is 0.0216. The summed E-state index contributed by atoms with van der Waals surface area (Å²) in [4.78, 5) is 16.4. The van der Waals surface area contributed by atoms with Crippen molar-refractivity contribution in [1.29, 1.82) is 0 Å². The third-order valence-electron chi connectivity index (χ3n) is 7.51. The van der Waals surface area contributed by atoms with Crippen molar-refractivity contribution in [2.24, 2.45) is 0 Å². The van der Waals surface area contributed by atoms with Crippen molar-refractivity contribution in [3.8, 4) is 17.0 Å². The van der Waals surface area contributed by atoms with E-state index in [1.165, 1.54) is 12.1 Å². The predicted octanol–water partition coefficient (Wildman–Crippen LogP) is 4.91. The summed E-state index contributed by atoms with van der Waals surface area (Å²) in [6.45, 7) is 2.49. The number of piperidine rings is 1. The standard InChI is InChI=1S/C28H32F2N7O/c1-35(2)15-18-9-19(27(29)30)11-24(10-18)38-23-4-7-36(8-5-23)21-12-22(13-21)37-16-20(14-34-37)26-25-3-6-31-28(25)33-17-32-26/h3,6,9-11,14,16-17,21,23,27H,4-5,7-8,12-13,15H2,1-2H3,(H,31,32,33). The molecule has 199 valence electrons. The molecule has 4 aromatic rings. The Morgan fingerprint density at radius 3 is 2.71 bits per heavy atom. The Kier molecular flexibility index (Phi) is 6.84. The summed E-state index contributed by atoms with van der Waals surface area (Å²) in [6.07, 6.45) is 8.65. The Balaban J connectivity index is 1.02. The molecule has 1 saturated carbocycles. The first-order valence-electron chi connectivity index (χ1n) is 13.1. The number of benzene rings is 1. The number of alkyl halides is 2. The molecule has 1 radical (unpaired) electrons. The fourth-order valence-electron chi connectivity index (χ4n) is 5.54. The molecule has 0 unspecified atom stereocenters. The summed E-state index contributed by atoms with van der Waals surface area (Å²) in [7, 11) is 3.86. The lowest BCUT2D eigenvalue weighted by atomic mass is 9.84. The third kappa shape index (κ3) is 5.15. The van der Waals surface area contributed by atoms with E-state index < -0.39 is 6.43 Å². The van der Waals surface area contributed by atoms with Crippen LogP contribution in [-0.4, -0.2) is 73.9 Å². The van der Waals surface area contributed by atoms with Gasteiger partial charge in [0.05, 0.1) is 17.9 Å². The lowest BCUT2D eigenvalue weighted by molar-refractivity contribution is 0.0520. The van der Waals surface area contributed by atoms with Crippen molar-refractivity contribution in [1.82, 2.24) is 34.5 Å². The summed E-state index contributed by atoms with van der Waals surface area (Å²) < 4.78 is 35.0. The molecular weight excluding hydrogens is 488 g/mol. The highest BCUT2D eigenvalue weighted by molar-refractivity contribution is 5.90. The molecule has 0 amide bonds. The number of rotatable bonds is 8. The van der Waals surface area contributed by atoms with Gasteiger partial charge in [-0.2, -0.15) is 5.10 Å². The zero-order valence-electron chi connectivity index (χ0n) is 21.6. The monoisotopic (exact) mass is 520 g/mol. The molecule has 10 heteroatoms. The normalized spacial score (nSPS) is 18.1. The number of nitrogens with zero attached hydrogens (tertiary/aromatic N) is 6. The summed E-state index contributed by atoms with van der Waals surface area (Å²) in [6, 6.07) is 8.75. The second-order valence-corrected chi connectivity index (χ2v) is 10.6. The van der Waals surface area contributed by atoms with Crippen molar-refractivity contribution in [2.45, 2.75) is 50.8 Å². The van der Waals surface area contributed by atoms with Gasteiger partial charge in [0.1, 0.15) is 23.8 Å². The first kappa shape index (κ1) is 24.9. The van der Waals surface area contributed by atoms with Crippen molar-refractivity contribution in [3.05, 3.63) is 66.4 Å². The summed E-state index contributed by atoms with van der Waals surface area (Å²) in [5, 5.41) is 5.59. The van der Waals surface area contributed by atoms with Gasteiger partial charge < -0.3 is 14.6 Å². The van der Waals surface area contributed by atoms with E-state index in [1.54, 1.807) is 12.4 Å². The van der Waals surface area contributed by atoms with Crippen LogP contribution in [0.25, 0.3) is 22.3 Å². The Labute approximate surface area is 220 Å². The zero-order valence-corrected chi connectivity index (χ0v) is 21.6. The molecule has 2 fully saturated rings. The van der Waals surface area contributed by atoms with Gasteiger partial charge in [-0.3, -0.25) is 9.58 Å². The average molecular weight is 521 g/mol. The van der Waals surface area contributed by atoms with Gasteiger partial charge in [0.2, 0.25) is 0 Å². The Morgan fingerprint density at radius 2 is 1.95 bits per heavy atom. The number of aromatic nitrogens is 5. The number of likely N-dealkylation sites (tertiary alicyclic amines) is 1. The van der Waals surface area contributed by atoms with Gasteiger partial charge >= 0.3 is 0 Å². The third-order valence-corrected chi connectivity index (χ3v) is 7.51. The molecule has 0 bridgehead atoms. The van der Waals surface area contributed by atoms with Crippen LogP contribution in [0.4, 0.5) is 8.78 Å². The summed E-state index contributed by atoms with van der Waals surface area (Å²) in [5.41, 5.74) is 3.55. The van der Waals surface area contributed by atoms with Gasteiger partial charge in [0, 0.05) is 54.6 Å². The topological polar surface area (TPSA) is 75.1 Å². The molecule has 0 spiro atoms. The van der Waals surface area contributed by atoms with Gasteiger partial charge in [0.15, 0.2) is 0 Å². The largest absolute Gasteiger partial charge is 0.490 e. The quantitative estimate of drug-likeness (QED) is 0.356. The van der Waals surface area contributed by atoms with Crippen LogP contribution in [0.2, 0.25) is 0 Å². The molecule has 1 aliphatic carbocycles. The highest BCUT2D eigenvalue weighted by atomic mass is 19.3. The number of hydrogen-bond donors (Lipinski definition) is 1. The van der Waals surface area contributed by atoms with Crippen LogP contribution in [0.15, 0.2) is 49.2 Å². The van der Waals surface area contributed by atoms with E-state index in [0.717, 1.165) is 66.6 Å². The Hall–Kier alpha value is -3.37. The van der Waals surface area contributed by atoms with E-state index in [9.17, 15) is 8.78 Å².